The van der Waals surface area contributed by atoms with E-state index in [1.807, 2.05) is 30.3 Å². The minimum absolute atomic E-state index is 0.0814. The highest BCUT2D eigenvalue weighted by molar-refractivity contribution is 7.97. The molecule has 1 unspecified atom stereocenters. The van der Waals surface area contributed by atoms with Gasteiger partial charge in [-0.2, -0.15) is 13.2 Å². The maximum Gasteiger partial charge on any atom is 0.402 e. The van der Waals surface area contributed by atoms with E-state index < -0.39 is 31.3 Å². The monoisotopic (exact) mass is 525 g/mol. The summed E-state index contributed by atoms with van der Waals surface area (Å²) in [4.78, 5) is 18.9. The Morgan fingerprint density at radius 1 is 1.20 bits per heavy atom. The molecule has 1 saturated carbocycles. The van der Waals surface area contributed by atoms with Crippen LogP contribution in [0.25, 0.3) is 21.2 Å². The third-order valence-electron chi connectivity index (χ3n) is 5.89. The molecular formula is C24H26F3N3O3S2. The van der Waals surface area contributed by atoms with Crippen LogP contribution in [0.3, 0.4) is 0 Å². The van der Waals surface area contributed by atoms with Gasteiger partial charge in [-0.3, -0.25) is 9.52 Å². The minimum Gasteiger partial charge on any atom is -0.394 e. The summed E-state index contributed by atoms with van der Waals surface area (Å²) in [6.45, 7) is -1.63. The molecule has 3 aromatic rings. The van der Waals surface area contributed by atoms with Crippen LogP contribution in [0.1, 0.15) is 34.8 Å². The van der Waals surface area contributed by atoms with Crippen molar-refractivity contribution < 1.29 is 28.2 Å². The van der Waals surface area contributed by atoms with Crippen molar-refractivity contribution in [2.24, 2.45) is 5.92 Å². The van der Waals surface area contributed by atoms with Crippen molar-refractivity contribution >= 4 is 40.0 Å². The van der Waals surface area contributed by atoms with Gasteiger partial charge in [0.15, 0.2) is 5.01 Å². The lowest BCUT2D eigenvalue weighted by atomic mass is 9.81. The zero-order valence-electron chi connectivity index (χ0n) is 18.8. The zero-order valence-corrected chi connectivity index (χ0v) is 20.4. The fourth-order valence-electron chi connectivity index (χ4n) is 3.87. The van der Waals surface area contributed by atoms with Gasteiger partial charge in [-0.1, -0.05) is 49.6 Å². The number of hydrogen-bond acceptors (Lipinski definition) is 7. The number of aliphatic hydroxyl groups is 2. The molecule has 35 heavy (non-hydrogen) atoms. The smallest absolute Gasteiger partial charge is 0.394 e. The minimum atomic E-state index is -4.30. The van der Waals surface area contributed by atoms with Crippen LogP contribution in [0.4, 0.5) is 13.2 Å². The number of alkyl halides is 3. The number of amides is 1. The van der Waals surface area contributed by atoms with Gasteiger partial charge < -0.3 is 15.5 Å². The second-order valence-corrected chi connectivity index (χ2v) is 10.5. The van der Waals surface area contributed by atoms with Crippen LogP contribution in [0.15, 0.2) is 41.3 Å². The van der Waals surface area contributed by atoms with E-state index in [0.29, 0.717) is 10.8 Å². The van der Waals surface area contributed by atoms with Gasteiger partial charge in [0.1, 0.15) is 6.54 Å². The van der Waals surface area contributed by atoms with Crippen molar-refractivity contribution in [3.63, 3.8) is 0 Å². The van der Waals surface area contributed by atoms with Gasteiger partial charge in [-0.15, -0.1) is 11.3 Å². The van der Waals surface area contributed by atoms with Crippen molar-refractivity contribution in [3.8, 4) is 10.4 Å². The van der Waals surface area contributed by atoms with Gasteiger partial charge in [-0.05, 0) is 41.1 Å². The topological polar surface area (TPSA) is 94.5 Å². The van der Waals surface area contributed by atoms with Crippen LogP contribution >= 0.6 is 23.3 Å². The number of benzene rings is 2. The Morgan fingerprint density at radius 2 is 1.94 bits per heavy atom. The van der Waals surface area contributed by atoms with E-state index in [1.54, 1.807) is 6.07 Å². The van der Waals surface area contributed by atoms with E-state index in [9.17, 15) is 23.1 Å². The predicted molar refractivity (Wildman–Crippen MR) is 131 cm³/mol. The highest BCUT2D eigenvalue weighted by Gasteiger charge is 2.27. The molecule has 1 atom stereocenters. The number of thiazole rings is 1. The van der Waals surface area contributed by atoms with Crippen LogP contribution in [-0.4, -0.2) is 53.1 Å². The standard InChI is InChI=1S/C24H26F3N3O3S2/c25-24(26,27)13-29-35-20-9-8-18(16-6-1-2-7-17(16)20)21-19(10-14-4-3-5-14)30-23(34-21)22(33)28-11-15(32)12-31/h1-2,6-9,14-15,29,31-32H,3-5,10-13H2,(H,28,33). The third-order valence-corrected chi connectivity index (χ3v) is 7.89. The van der Waals surface area contributed by atoms with E-state index in [-0.39, 0.29) is 11.6 Å². The maximum absolute atomic E-state index is 12.7. The lowest BCUT2D eigenvalue weighted by molar-refractivity contribution is -0.120. The Balaban J connectivity index is 1.67. The number of nitrogens with one attached hydrogen (secondary N) is 2. The van der Waals surface area contributed by atoms with Crippen molar-refractivity contribution in [2.45, 2.75) is 42.9 Å². The summed E-state index contributed by atoms with van der Waals surface area (Å²) in [5, 5.41) is 23.1. The van der Waals surface area contributed by atoms with Crippen LogP contribution in [0.5, 0.6) is 0 Å². The predicted octanol–water partition coefficient (Wildman–Crippen LogP) is 4.55. The molecule has 0 aliphatic heterocycles. The molecule has 2 aromatic carbocycles. The summed E-state index contributed by atoms with van der Waals surface area (Å²) in [6.07, 6.45) is -1.20. The molecule has 1 aliphatic carbocycles. The number of fused-ring (bicyclic) bond motifs is 1. The molecule has 1 heterocycles. The maximum atomic E-state index is 12.7. The average molecular weight is 526 g/mol. The van der Waals surface area contributed by atoms with E-state index in [0.717, 1.165) is 58.1 Å². The normalized spacial score (nSPS) is 15.2. The zero-order chi connectivity index (χ0) is 25.0. The first-order chi connectivity index (χ1) is 16.7. The number of halogens is 3. The molecule has 4 rings (SSSR count). The Kier molecular flexibility index (Phi) is 8.33. The third kappa shape index (κ3) is 6.53. The van der Waals surface area contributed by atoms with Gasteiger partial charge >= 0.3 is 6.18 Å². The van der Waals surface area contributed by atoms with Crippen molar-refractivity contribution in [1.29, 1.82) is 0 Å². The van der Waals surface area contributed by atoms with Gasteiger partial charge in [0.05, 0.1) is 23.3 Å². The van der Waals surface area contributed by atoms with E-state index in [4.69, 9.17) is 5.11 Å². The lowest BCUT2D eigenvalue weighted by Gasteiger charge is -2.24. The summed E-state index contributed by atoms with van der Waals surface area (Å²) < 4.78 is 40.1. The first-order valence-electron chi connectivity index (χ1n) is 11.3. The van der Waals surface area contributed by atoms with Crippen molar-refractivity contribution in [1.82, 2.24) is 15.0 Å². The summed E-state index contributed by atoms with van der Waals surface area (Å²) in [5.41, 5.74) is 1.70. The molecule has 0 saturated heterocycles. The Bertz CT molecular complexity index is 1180. The van der Waals surface area contributed by atoms with Gasteiger partial charge in [0, 0.05) is 17.0 Å². The lowest BCUT2D eigenvalue weighted by Crippen LogP contribution is -2.33. The number of carbonyl (C=O) groups is 1. The molecule has 1 amide bonds. The van der Waals surface area contributed by atoms with Crippen molar-refractivity contribution in [3.05, 3.63) is 47.1 Å². The molecule has 0 spiro atoms. The Labute approximate surface area is 209 Å². The largest absolute Gasteiger partial charge is 0.402 e. The number of aliphatic hydroxyl groups excluding tert-OH is 2. The second kappa shape index (κ2) is 11.3. The van der Waals surface area contributed by atoms with Gasteiger partial charge in [0.25, 0.3) is 5.91 Å². The molecule has 1 aliphatic rings. The number of nitrogens with zero attached hydrogens (tertiary/aromatic N) is 1. The number of rotatable bonds is 10. The first kappa shape index (κ1) is 25.9. The SMILES string of the molecule is O=C(NCC(O)CO)c1nc(CC2CCC2)c(-c2ccc(SNCC(F)(F)F)c3ccccc23)s1. The fraction of sp³-hybridized carbons (Fsp3) is 0.417. The molecule has 188 valence electrons. The number of hydrogen-bond donors (Lipinski definition) is 4. The number of aromatic nitrogens is 1. The van der Waals surface area contributed by atoms with Crippen LogP contribution in [0.2, 0.25) is 0 Å². The molecule has 1 fully saturated rings. The second-order valence-electron chi connectivity index (χ2n) is 8.54. The van der Waals surface area contributed by atoms with Gasteiger partial charge in [0.2, 0.25) is 0 Å². The summed E-state index contributed by atoms with van der Waals surface area (Å²) in [6, 6.07) is 11.2. The van der Waals surface area contributed by atoms with E-state index >= 15 is 0 Å². The molecular weight excluding hydrogens is 499 g/mol. The van der Waals surface area contributed by atoms with Crippen LogP contribution in [-0.2, 0) is 6.42 Å². The summed E-state index contributed by atoms with van der Waals surface area (Å²) in [7, 11) is 0. The molecule has 0 bridgehead atoms. The molecule has 11 heteroatoms. The first-order valence-corrected chi connectivity index (χ1v) is 12.9. The number of carbonyl (C=O) groups excluding carboxylic acids is 1. The van der Waals surface area contributed by atoms with Crippen LogP contribution in [0, 0.1) is 5.92 Å². The van der Waals surface area contributed by atoms with E-state index in [2.05, 4.69) is 15.0 Å². The average Bonchev–Trinajstić information content (AvgIpc) is 3.22. The molecule has 6 nitrogen and oxygen atoms in total. The van der Waals surface area contributed by atoms with Crippen LogP contribution < -0.4 is 10.0 Å². The highest BCUT2D eigenvalue weighted by atomic mass is 32.2. The molecule has 1 aromatic heterocycles. The Morgan fingerprint density at radius 3 is 2.60 bits per heavy atom. The van der Waals surface area contributed by atoms with Crippen molar-refractivity contribution in [2.75, 3.05) is 19.7 Å². The molecule has 4 N–H and O–H groups in total. The van der Waals surface area contributed by atoms with E-state index in [1.165, 1.54) is 17.8 Å². The summed E-state index contributed by atoms with van der Waals surface area (Å²) >= 11 is 2.20. The Hall–Kier alpha value is -2.18. The summed E-state index contributed by atoms with van der Waals surface area (Å²) in [5.74, 6) is 0.0899. The fourth-order valence-corrected chi connectivity index (χ4v) is 5.74. The quantitative estimate of drug-likeness (QED) is 0.290. The highest BCUT2D eigenvalue weighted by Crippen LogP contribution is 2.41. The molecule has 0 radical (unpaired) electrons. The van der Waals surface area contributed by atoms with Gasteiger partial charge in [-0.25, -0.2) is 4.98 Å².